The van der Waals surface area contributed by atoms with Gasteiger partial charge in [-0.25, -0.2) is 9.29 Å². The summed E-state index contributed by atoms with van der Waals surface area (Å²) in [4.78, 5) is 43.2. The molecule has 148 valence electrons. The van der Waals surface area contributed by atoms with Gasteiger partial charge >= 0.3 is 0 Å². The zero-order valence-corrected chi connectivity index (χ0v) is 16.2. The van der Waals surface area contributed by atoms with Gasteiger partial charge in [0.2, 0.25) is 11.8 Å². The van der Waals surface area contributed by atoms with Crippen LogP contribution in [0.5, 0.6) is 0 Å². The van der Waals surface area contributed by atoms with E-state index in [-0.39, 0.29) is 23.6 Å². The van der Waals surface area contributed by atoms with Gasteiger partial charge in [0.15, 0.2) is 5.78 Å². The summed E-state index contributed by atoms with van der Waals surface area (Å²) in [7, 11) is 0. The first kappa shape index (κ1) is 18.5. The first-order valence-corrected chi connectivity index (χ1v) is 10.0. The number of halogens is 2. The number of hydrogen-bond donors (Lipinski definition) is 0. The van der Waals surface area contributed by atoms with Crippen molar-refractivity contribution in [2.75, 3.05) is 11.4 Å². The molecule has 3 aliphatic rings. The number of carbonyl (C=O) groups excluding carboxylic acids is 3. The van der Waals surface area contributed by atoms with Crippen LogP contribution in [0, 0.1) is 17.7 Å². The van der Waals surface area contributed by atoms with Crippen LogP contribution in [0.25, 0.3) is 0 Å². The number of imide groups is 1. The van der Waals surface area contributed by atoms with E-state index in [1.807, 2.05) is 4.90 Å². The molecule has 5 nitrogen and oxygen atoms in total. The fourth-order valence-corrected chi connectivity index (χ4v) is 5.39. The summed E-state index contributed by atoms with van der Waals surface area (Å²) >= 11 is 6.25. The van der Waals surface area contributed by atoms with Gasteiger partial charge in [0.25, 0.3) is 0 Å². The van der Waals surface area contributed by atoms with E-state index in [1.165, 1.54) is 24.3 Å². The molecule has 0 aliphatic carbocycles. The molecule has 7 heteroatoms. The maximum absolute atomic E-state index is 13.4. The summed E-state index contributed by atoms with van der Waals surface area (Å²) in [6.07, 6.45) is 1.64. The summed E-state index contributed by atoms with van der Waals surface area (Å²) in [5.74, 6) is -2.66. The number of amides is 2. The van der Waals surface area contributed by atoms with Gasteiger partial charge in [0.1, 0.15) is 5.82 Å². The van der Waals surface area contributed by atoms with Gasteiger partial charge in [0, 0.05) is 11.6 Å². The lowest BCUT2D eigenvalue weighted by Crippen LogP contribution is -2.46. The van der Waals surface area contributed by atoms with E-state index >= 15 is 0 Å². The lowest BCUT2D eigenvalue weighted by molar-refractivity contribution is -0.123. The minimum Gasteiger partial charge on any atom is -0.292 e. The molecular formula is C22H18ClFN2O3. The predicted octanol–water partition coefficient (Wildman–Crippen LogP) is 3.31. The molecule has 0 N–H and O–H groups in total. The Morgan fingerprint density at radius 2 is 1.69 bits per heavy atom. The van der Waals surface area contributed by atoms with E-state index in [2.05, 4.69) is 0 Å². The minimum atomic E-state index is -0.748. The van der Waals surface area contributed by atoms with Crippen LogP contribution in [0.15, 0.2) is 48.5 Å². The van der Waals surface area contributed by atoms with Crippen LogP contribution < -0.4 is 4.90 Å². The van der Waals surface area contributed by atoms with Crippen molar-refractivity contribution < 1.29 is 18.8 Å². The third-order valence-corrected chi connectivity index (χ3v) is 6.66. The second-order valence-electron chi connectivity index (χ2n) is 7.78. The number of nitrogens with zero attached hydrogens (tertiary/aromatic N) is 2. The van der Waals surface area contributed by atoms with Gasteiger partial charge in [0.05, 0.1) is 28.6 Å². The molecular weight excluding hydrogens is 395 g/mol. The van der Waals surface area contributed by atoms with Crippen molar-refractivity contribution in [3.63, 3.8) is 0 Å². The highest BCUT2D eigenvalue weighted by Crippen LogP contribution is 2.49. The van der Waals surface area contributed by atoms with E-state index in [4.69, 9.17) is 11.6 Å². The maximum atomic E-state index is 13.4. The lowest BCUT2D eigenvalue weighted by Gasteiger charge is -2.27. The minimum absolute atomic E-state index is 0.140. The Balaban J connectivity index is 1.56. The number of ketones is 1. The molecule has 2 aromatic carbocycles. The van der Waals surface area contributed by atoms with Crippen LogP contribution in [0.4, 0.5) is 10.1 Å². The molecule has 3 fully saturated rings. The molecule has 5 rings (SSSR count). The average molecular weight is 413 g/mol. The summed E-state index contributed by atoms with van der Waals surface area (Å²) < 4.78 is 13.3. The Kier molecular flexibility index (Phi) is 4.29. The van der Waals surface area contributed by atoms with E-state index in [0.717, 1.165) is 17.7 Å². The molecule has 0 spiro atoms. The van der Waals surface area contributed by atoms with E-state index in [9.17, 15) is 18.8 Å². The normalized spacial score (nSPS) is 28.7. The van der Waals surface area contributed by atoms with Crippen LogP contribution in [-0.4, -0.2) is 41.1 Å². The highest BCUT2D eigenvalue weighted by molar-refractivity contribution is 6.36. The molecule has 3 saturated heterocycles. The van der Waals surface area contributed by atoms with Gasteiger partial charge < -0.3 is 0 Å². The SMILES string of the molecule is O=C(c1ccc(F)cc1)[C@@H]1[C@@H]2C(=O)N(c3ccccc3Cl)C(=O)[C@@H]2[C@H]2CCCN21. The second-order valence-corrected chi connectivity index (χ2v) is 8.19. The molecule has 0 radical (unpaired) electrons. The lowest BCUT2D eigenvalue weighted by atomic mass is 9.85. The van der Waals surface area contributed by atoms with E-state index in [1.54, 1.807) is 24.3 Å². The molecule has 4 atom stereocenters. The van der Waals surface area contributed by atoms with Crippen molar-refractivity contribution in [1.82, 2.24) is 4.90 Å². The van der Waals surface area contributed by atoms with Crippen molar-refractivity contribution in [2.24, 2.45) is 11.8 Å². The number of fused-ring (bicyclic) bond motifs is 3. The van der Waals surface area contributed by atoms with Crippen LogP contribution >= 0.6 is 11.6 Å². The van der Waals surface area contributed by atoms with Gasteiger partial charge in [-0.3, -0.25) is 19.3 Å². The molecule has 3 aliphatic heterocycles. The Labute approximate surface area is 172 Å². The first-order valence-electron chi connectivity index (χ1n) is 9.67. The highest BCUT2D eigenvalue weighted by Gasteiger charge is 2.64. The standard InChI is InChI=1S/C22H18ClFN2O3/c23-14-4-1-2-5-15(14)26-21(28)17-16-6-3-11-25(16)19(18(17)22(26)29)20(27)12-7-9-13(24)10-8-12/h1-2,4-5,7-10,16-19H,3,6,11H2/t16-,17-,18-,19+/m1/s1. The van der Waals surface area contributed by atoms with Crippen LogP contribution in [0.2, 0.25) is 5.02 Å². The highest BCUT2D eigenvalue weighted by atomic mass is 35.5. The number of rotatable bonds is 3. The van der Waals surface area contributed by atoms with Crippen molar-refractivity contribution >= 4 is 34.9 Å². The summed E-state index contributed by atoms with van der Waals surface area (Å²) in [5.41, 5.74) is 0.704. The summed E-state index contributed by atoms with van der Waals surface area (Å²) in [5, 5.41) is 0.318. The number of benzene rings is 2. The largest absolute Gasteiger partial charge is 0.292 e. The van der Waals surface area contributed by atoms with Gasteiger partial charge in [-0.05, 0) is 55.8 Å². The summed E-state index contributed by atoms with van der Waals surface area (Å²) in [6, 6.07) is 11.2. The Hall–Kier alpha value is -2.57. The smallest absolute Gasteiger partial charge is 0.239 e. The quantitative estimate of drug-likeness (QED) is 0.573. The molecule has 0 aromatic heterocycles. The average Bonchev–Trinajstić information content (AvgIpc) is 3.35. The fourth-order valence-electron chi connectivity index (χ4n) is 5.17. The molecule has 3 heterocycles. The van der Waals surface area contributed by atoms with Crippen molar-refractivity contribution in [3.05, 3.63) is 64.9 Å². The third-order valence-electron chi connectivity index (χ3n) is 6.34. The van der Waals surface area contributed by atoms with E-state index in [0.29, 0.717) is 22.8 Å². The number of anilines is 1. The molecule has 2 amide bonds. The molecule has 29 heavy (non-hydrogen) atoms. The van der Waals surface area contributed by atoms with Crippen LogP contribution in [0.3, 0.4) is 0 Å². The fraction of sp³-hybridized carbons (Fsp3) is 0.318. The number of carbonyl (C=O) groups is 3. The maximum Gasteiger partial charge on any atom is 0.239 e. The Morgan fingerprint density at radius 1 is 1.00 bits per heavy atom. The Bertz CT molecular complexity index is 1020. The van der Waals surface area contributed by atoms with Gasteiger partial charge in [-0.15, -0.1) is 0 Å². The van der Waals surface area contributed by atoms with Gasteiger partial charge in [-0.1, -0.05) is 23.7 Å². The molecule has 2 aromatic rings. The topological polar surface area (TPSA) is 57.7 Å². The molecule has 0 unspecified atom stereocenters. The molecule has 0 bridgehead atoms. The second kappa shape index (κ2) is 6.75. The van der Waals surface area contributed by atoms with Crippen molar-refractivity contribution in [3.8, 4) is 0 Å². The monoisotopic (exact) mass is 412 g/mol. The van der Waals surface area contributed by atoms with Crippen LogP contribution in [-0.2, 0) is 9.59 Å². The number of Topliss-reactive ketones (excluding diaryl/α,β-unsaturated/α-hetero) is 1. The Morgan fingerprint density at radius 3 is 2.41 bits per heavy atom. The van der Waals surface area contributed by atoms with E-state index < -0.39 is 23.7 Å². The van der Waals surface area contributed by atoms with Crippen LogP contribution in [0.1, 0.15) is 23.2 Å². The molecule has 0 saturated carbocycles. The zero-order valence-electron chi connectivity index (χ0n) is 15.4. The zero-order chi connectivity index (χ0) is 20.3. The number of para-hydroxylation sites is 1. The predicted molar refractivity (Wildman–Crippen MR) is 105 cm³/mol. The third kappa shape index (κ3) is 2.66. The van der Waals surface area contributed by atoms with Crippen molar-refractivity contribution in [1.29, 1.82) is 0 Å². The van der Waals surface area contributed by atoms with Crippen molar-refractivity contribution in [2.45, 2.75) is 24.9 Å². The first-order chi connectivity index (χ1) is 14.0. The summed E-state index contributed by atoms with van der Waals surface area (Å²) in [6.45, 7) is 0.669. The van der Waals surface area contributed by atoms with Gasteiger partial charge in [-0.2, -0.15) is 0 Å². The number of hydrogen-bond acceptors (Lipinski definition) is 4.